The summed E-state index contributed by atoms with van der Waals surface area (Å²) in [5.41, 5.74) is 3.87. The van der Waals surface area contributed by atoms with Crippen LogP contribution in [0.2, 0.25) is 0 Å². The molecule has 0 radical (unpaired) electrons. The minimum atomic E-state index is 0.0294. The Hall–Kier alpha value is -2.63. The maximum absolute atomic E-state index is 12.7. The van der Waals surface area contributed by atoms with E-state index in [0.29, 0.717) is 18.8 Å². The summed E-state index contributed by atoms with van der Waals surface area (Å²) in [4.78, 5) is 27.2. The van der Waals surface area contributed by atoms with Crippen molar-refractivity contribution in [3.05, 3.63) is 47.3 Å². The fraction of sp³-hybridized carbons (Fsp3) is 0.476. The van der Waals surface area contributed by atoms with Crippen molar-refractivity contribution in [1.82, 2.24) is 14.7 Å². The van der Waals surface area contributed by atoms with Crippen LogP contribution in [0.4, 0.5) is 5.69 Å². The van der Waals surface area contributed by atoms with Gasteiger partial charge in [-0.3, -0.25) is 14.3 Å². The topological polar surface area (TPSA) is 67.2 Å². The highest BCUT2D eigenvalue weighted by Crippen LogP contribution is 2.59. The van der Waals surface area contributed by atoms with Crippen molar-refractivity contribution in [2.45, 2.75) is 33.1 Å². The van der Waals surface area contributed by atoms with Crippen molar-refractivity contribution in [2.75, 3.05) is 18.4 Å². The lowest BCUT2D eigenvalue weighted by Crippen LogP contribution is -2.40. The van der Waals surface area contributed by atoms with Gasteiger partial charge in [0.15, 0.2) is 0 Å². The number of likely N-dealkylation sites (tertiary alicyclic amines) is 1. The number of amides is 2. The third-order valence-electron chi connectivity index (χ3n) is 6.08. The Morgan fingerprint density at radius 1 is 1.15 bits per heavy atom. The van der Waals surface area contributed by atoms with Crippen molar-refractivity contribution in [3.63, 3.8) is 0 Å². The number of rotatable bonds is 3. The number of benzene rings is 1. The molecule has 1 atom stereocenters. The summed E-state index contributed by atoms with van der Waals surface area (Å²) < 4.78 is 1.61. The van der Waals surface area contributed by atoms with Crippen molar-refractivity contribution in [1.29, 1.82) is 0 Å². The second kappa shape index (κ2) is 6.51. The van der Waals surface area contributed by atoms with E-state index in [1.807, 2.05) is 30.9 Å². The summed E-state index contributed by atoms with van der Waals surface area (Å²) in [6.45, 7) is 5.49. The van der Waals surface area contributed by atoms with E-state index in [2.05, 4.69) is 16.5 Å². The molecule has 2 aromatic rings. The first-order valence-electron chi connectivity index (χ1n) is 9.54. The normalized spacial score (nSPS) is 20.6. The number of aryl methyl sites for hydroxylation is 3. The van der Waals surface area contributed by atoms with Gasteiger partial charge < -0.3 is 10.2 Å². The summed E-state index contributed by atoms with van der Waals surface area (Å²) in [6, 6.07) is 7.87. The van der Waals surface area contributed by atoms with Crippen LogP contribution >= 0.6 is 0 Å². The number of carbonyl (C=O) groups excluding carboxylic acids is 2. The quantitative estimate of drug-likeness (QED) is 0.908. The molecular weight excluding hydrogens is 340 g/mol. The summed E-state index contributed by atoms with van der Waals surface area (Å²) in [5.74, 6) is 0.209. The van der Waals surface area contributed by atoms with Crippen LogP contribution in [0.5, 0.6) is 0 Å². The van der Waals surface area contributed by atoms with Gasteiger partial charge in [0.2, 0.25) is 5.91 Å². The van der Waals surface area contributed by atoms with Gasteiger partial charge in [-0.1, -0.05) is 6.07 Å². The molecular formula is C21H26N4O2. The standard InChI is InChI=1S/C21H26N4O2/c1-14-10-15(2)12-16(11-14)23-19(26)17-13-21(17)5-8-25(9-6-21)20(27)18-4-7-22-24(18)3/h4,7,10-12,17H,5-6,8-9,13H2,1-3H3,(H,23,26)/t17-/m1/s1. The zero-order chi connectivity index (χ0) is 19.2. The Morgan fingerprint density at radius 3 is 2.41 bits per heavy atom. The maximum atomic E-state index is 12.7. The van der Waals surface area contributed by atoms with Crippen LogP contribution in [0.15, 0.2) is 30.5 Å². The van der Waals surface area contributed by atoms with E-state index in [1.165, 1.54) is 0 Å². The molecule has 1 spiro atoms. The molecule has 6 heteroatoms. The smallest absolute Gasteiger partial charge is 0.272 e. The van der Waals surface area contributed by atoms with E-state index in [0.717, 1.165) is 36.1 Å². The molecule has 2 aliphatic rings. The average molecular weight is 366 g/mol. The summed E-state index contributed by atoms with van der Waals surface area (Å²) >= 11 is 0. The van der Waals surface area contributed by atoms with Crippen LogP contribution in [0.1, 0.15) is 40.9 Å². The van der Waals surface area contributed by atoms with Gasteiger partial charge in [-0.2, -0.15) is 5.10 Å². The molecule has 1 N–H and O–H groups in total. The minimum Gasteiger partial charge on any atom is -0.337 e. The van der Waals surface area contributed by atoms with E-state index in [-0.39, 0.29) is 23.1 Å². The van der Waals surface area contributed by atoms with Crippen LogP contribution in [-0.4, -0.2) is 39.6 Å². The molecule has 2 heterocycles. The zero-order valence-corrected chi connectivity index (χ0v) is 16.2. The lowest BCUT2D eigenvalue weighted by atomic mass is 9.90. The number of aromatic nitrogens is 2. The number of nitrogens with one attached hydrogen (secondary N) is 1. The molecule has 1 saturated heterocycles. The van der Waals surface area contributed by atoms with Crippen LogP contribution in [-0.2, 0) is 11.8 Å². The highest BCUT2D eigenvalue weighted by Gasteiger charge is 2.58. The fourth-order valence-electron chi connectivity index (χ4n) is 4.45. The van der Waals surface area contributed by atoms with Crippen LogP contribution in [0, 0.1) is 25.2 Å². The zero-order valence-electron chi connectivity index (χ0n) is 16.2. The summed E-state index contributed by atoms with van der Waals surface area (Å²) in [5, 5.41) is 7.17. The molecule has 142 valence electrons. The van der Waals surface area contributed by atoms with E-state index in [1.54, 1.807) is 24.0 Å². The number of anilines is 1. The van der Waals surface area contributed by atoms with E-state index >= 15 is 0 Å². The van der Waals surface area contributed by atoms with Gasteiger partial charge in [0.1, 0.15) is 5.69 Å². The second-order valence-electron chi connectivity index (χ2n) is 8.12. The maximum Gasteiger partial charge on any atom is 0.272 e. The fourth-order valence-corrected chi connectivity index (χ4v) is 4.45. The number of hydrogen-bond donors (Lipinski definition) is 1. The van der Waals surface area contributed by atoms with E-state index < -0.39 is 0 Å². The van der Waals surface area contributed by atoms with Crippen molar-refractivity contribution >= 4 is 17.5 Å². The monoisotopic (exact) mass is 366 g/mol. The molecule has 0 bridgehead atoms. The third-order valence-corrected chi connectivity index (χ3v) is 6.08. The summed E-state index contributed by atoms with van der Waals surface area (Å²) in [7, 11) is 1.78. The predicted molar refractivity (Wildman–Crippen MR) is 103 cm³/mol. The van der Waals surface area contributed by atoms with Crippen LogP contribution < -0.4 is 5.32 Å². The Labute approximate surface area is 159 Å². The third kappa shape index (κ3) is 3.36. The van der Waals surface area contributed by atoms with E-state index in [9.17, 15) is 9.59 Å². The first-order chi connectivity index (χ1) is 12.9. The lowest BCUT2D eigenvalue weighted by Gasteiger charge is -2.32. The molecule has 1 aliphatic carbocycles. The van der Waals surface area contributed by atoms with Gasteiger partial charge in [-0.05, 0) is 67.9 Å². The Morgan fingerprint density at radius 2 is 1.81 bits per heavy atom. The Kier molecular flexibility index (Phi) is 4.29. The molecule has 6 nitrogen and oxygen atoms in total. The number of piperidine rings is 1. The lowest BCUT2D eigenvalue weighted by molar-refractivity contribution is -0.118. The van der Waals surface area contributed by atoms with Crippen LogP contribution in [0.25, 0.3) is 0 Å². The summed E-state index contributed by atoms with van der Waals surface area (Å²) in [6.07, 6.45) is 4.35. The highest BCUT2D eigenvalue weighted by atomic mass is 16.2. The number of nitrogens with zero attached hydrogens (tertiary/aromatic N) is 3. The minimum absolute atomic E-state index is 0.0294. The molecule has 1 aromatic heterocycles. The second-order valence-corrected chi connectivity index (χ2v) is 8.12. The predicted octanol–water partition coefficient (Wildman–Crippen LogP) is 2.92. The van der Waals surface area contributed by atoms with Gasteiger partial charge in [-0.15, -0.1) is 0 Å². The molecule has 1 aromatic carbocycles. The molecule has 2 amide bonds. The van der Waals surface area contributed by atoms with Crippen LogP contribution in [0.3, 0.4) is 0 Å². The van der Waals surface area contributed by atoms with Gasteiger partial charge in [0.25, 0.3) is 5.91 Å². The molecule has 27 heavy (non-hydrogen) atoms. The largest absolute Gasteiger partial charge is 0.337 e. The SMILES string of the molecule is Cc1cc(C)cc(NC(=O)[C@H]2CC23CCN(C(=O)c2ccnn2C)CC3)c1. The van der Waals surface area contributed by atoms with Crippen molar-refractivity contribution in [3.8, 4) is 0 Å². The molecule has 0 unspecified atom stereocenters. The van der Waals surface area contributed by atoms with Crippen molar-refractivity contribution < 1.29 is 9.59 Å². The number of carbonyl (C=O) groups is 2. The average Bonchev–Trinajstić information content (AvgIpc) is 3.13. The van der Waals surface area contributed by atoms with Gasteiger partial charge >= 0.3 is 0 Å². The molecule has 1 saturated carbocycles. The van der Waals surface area contributed by atoms with E-state index in [4.69, 9.17) is 0 Å². The highest BCUT2D eigenvalue weighted by molar-refractivity contribution is 5.95. The first-order valence-corrected chi connectivity index (χ1v) is 9.54. The molecule has 1 aliphatic heterocycles. The Bertz CT molecular complexity index is 873. The molecule has 4 rings (SSSR count). The Balaban J connectivity index is 1.35. The first kappa shape index (κ1) is 17.8. The van der Waals surface area contributed by atoms with Gasteiger partial charge in [-0.25, -0.2) is 0 Å². The van der Waals surface area contributed by atoms with Gasteiger partial charge in [0, 0.05) is 37.9 Å². The molecule has 2 fully saturated rings. The van der Waals surface area contributed by atoms with Gasteiger partial charge in [0.05, 0.1) is 0 Å². The van der Waals surface area contributed by atoms with Crippen molar-refractivity contribution in [2.24, 2.45) is 18.4 Å². The number of hydrogen-bond acceptors (Lipinski definition) is 3.